The van der Waals surface area contributed by atoms with Gasteiger partial charge in [0.05, 0.1) is 10.7 Å². The van der Waals surface area contributed by atoms with Crippen molar-refractivity contribution in [2.75, 3.05) is 23.7 Å². The van der Waals surface area contributed by atoms with Crippen LogP contribution in [0.2, 0.25) is 5.02 Å². The van der Waals surface area contributed by atoms with Gasteiger partial charge in [-0.3, -0.25) is 0 Å². The number of nitrogens with one attached hydrogen (secondary N) is 1. The Kier molecular flexibility index (Phi) is 5.21. The van der Waals surface area contributed by atoms with Gasteiger partial charge in [-0.1, -0.05) is 25.4 Å². The first-order valence-corrected chi connectivity index (χ1v) is 8.51. The van der Waals surface area contributed by atoms with Gasteiger partial charge in [0.1, 0.15) is 5.82 Å². The molecule has 1 aliphatic heterocycles. The second-order valence-electron chi connectivity index (χ2n) is 6.16. The van der Waals surface area contributed by atoms with Crippen LogP contribution in [0.15, 0.2) is 12.1 Å². The normalized spacial score (nSPS) is 18.6. The summed E-state index contributed by atoms with van der Waals surface area (Å²) in [6, 6.07) is 4.44. The minimum absolute atomic E-state index is 0.288. The number of pyridine rings is 1. The van der Waals surface area contributed by atoms with Crippen LogP contribution in [0.1, 0.15) is 33.4 Å². The Morgan fingerprint density at radius 2 is 2.20 bits per heavy atom. The highest BCUT2D eigenvalue weighted by Crippen LogP contribution is 2.32. The summed E-state index contributed by atoms with van der Waals surface area (Å²) in [5.74, 6) is 2.19. The monoisotopic (exact) mass is 313 g/mol. The van der Waals surface area contributed by atoms with Crippen molar-refractivity contribution in [2.24, 2.45) is 0 Å². The molecule has 1 fully saturated rings. The van der Waals surface area contributed by atoms with Crippen molar-refractivity contribution in [3.63, 3.8) is 0 Å². The summed E-state index contributed by atoms with van der Waals surface area (Å²) in [6.45, 7) is 11.6. The average Bonchev–Trinajstić information content (AvgIpc) is 2.36. The van der Waals surface area contributed by atoms with Crippen LogP contribution in [0.4, 0.5) is 5.82 Å². The summed E-state index contributed by atoms with van der Waals surface area (Å²) in [7, 11) is 0. The van der Waals surface area contributed by atoms with E-state index in [0.29, 0.717) is 6.04 Å². The van der Waals surface area contributed by atoms with Gasteiger partial charge in [-0.05, 0) is 26.0 Å². The molecule has 0 atom stereocenters. The zero-order valence-corrected chi connectivity index (χ0v) is 14.3. The Balaban J connectivity index is 2.14. The molecule has 0 unspecified atom stereocenters. The number of hydrogen-bond donors (Lipinski definition) is 1. The predicted molar refractivity (Wildman–Crippen MR) is 90.0 cm³/mol. The summed E-state index contributed by atoms with van der Waals surface area (Å²) in [4.78, 5) is 7.12. The van der Waals surface area contributed by atoms with Gasteiger partial charge in [0.15, 0.2) is 0 Å². The fourth-order valence-electron chi connectivity index (χ4n) is 2.29. The lowest BCUT2D eigenvalue weighted by Crippen LogP contribution is -2.43. The summed E-state index contributed by atoms with van der Waals surface area (Å²) >= 11 is 8.28. The molecule has 0 aliphatic carbocycles. The Hall–Kier alpha value is -0.450. The molecular weight excluding hydrogens is 290 g/mol. The molecule has 0 aromatic carbocycles. The topological polar surface area (TPSA) is 28.2 Å². The fraction of sp³-hybridized carbons (Fsp3) is 0.667. The van der Waals surface area contributed by atoms with Crippen LogP contribution in [-0.2, 0) is 6.54 Å². The molecule has 0 radical (unpaired) electrons. The highest BCUT2D eigenvalue weighted by atomic mass is 35.5. The van der Waals surface area contributed by atoms with Crippen LogP contribution in [-0.4, -0.2) is 34.6 Å². The van der Waals surface area contributed by atoms with E-state index in [2.05, 4.69) is 37.9 Å². The molecule has 112 valence electrons. The molecule has 1 N–H and O–H groups in total. The molecule has 0 amide bonds. The van der Waals surface area contributed by atoms with Crippen molar-refractivity contribution in [2.45, 2.75) is 45.0 Å². The number of hydrogen-bond acceptors (Lipinski definition) is 4. The minimum Gasteiger partial charge on any atom is -0.354 e. The van der Waals surface area contributed by atoms with Crippen LogP contribution in [0, 0.1) is 0 Å². The van der Waals surface area contributed by atoms with Gasteiger partial charge in [0.2, 0.25) is 0 Å². The second-order valence-corrected chi connectivity index (χ2v) is 8.37. The number of thioether (sulfide) groups is 1. The van der Waals surface area contributed by atoms with Crippen molar-refractivity contribution in [3.05, 3.63) is 22.8 Å². The average molecular weight is 314 g/mol. The third-order valence-corrected chi connectivity index (χ3v) is 4.97. The number of rotatable bonds is 4. The molecule has 2 rings (SSSR count). The third-order valence-electron chi connectivity index (χ3n) is 3.33. The number of anilines is 1. The van der Waals surface area contributed by atoms with E-state index in [1.54, 1.807) is 0 Å². The summed E-state index contributed by atoms with van der Waals surface area (Å²) in [5.41, 5.74) is 0.939. The van der Waals surface area contributed by atoms with Gasteiger partial charge in [0, 0.05) is 36.2 Å². The van der Waals surface area contributed by atoms with E-state index in [-0.39, 0.29) is 4.75 Å². The highest BCUT2D eigenvalue weighted by molar-refractivity contribution is 8.00. The smallest absolute Gasteiger partial charge is 0.129 e. The Morgan fingerprint density at radius 1 is 1.45 bits per heavy atom. The zero-order chi connectivity index (χ0) is 14.8. The van der Waals surface area contributed by atoms with Crippen molar-refractivity contribution >= 4 is 29.2 Å². The van der Waals surface area contributed by atoms with Crippen LogP contribution in [0.25, 0.3) is 0 Å². The SMILES string of the molecule is CC(C)NCc1nc(N2CCSC(C)(C)C2)ccc1Cl. The van der Waals surface area contributed by atoms with Crippen molar-refractivity contribution in [1.82, 2.24) is 10.3 Å². The van der Waals surface area contributed by atoms with E-state index >= 15 is 0 Å². The van der Waals surface area contributed by atoms with E-state index in [1.807, 2.05) is 23.9 Å². The second kappa shape index (κ2) is 6.54. The predicted octanol–water partition coefficient (Wildman–Crippen LogP) is 3.56. The molecule has 1 aliphatic rings. The lowest BCUT2D eigenvalue weighted by molar-refractivity contribution is 0.580. The molecule has 1 saturated heterocycles. The van der Waals surface area contributed by atoms with Crippen molar-refractivity contribution < 1.29 is 0 Å². The first-order valence-electron chi connectivity index (χ1n) is 7.15. The molecular formula is C15H24ClN3S. The van der Waals surface area contributed by atoms with Gasteiger partial charge in [-0.2, -0.15) is 11.8 Å². The van der Waals surface area contributed by atoms with Crippen LogP contribution in [0.5, 0.6) is 0 Å². The van der Waals surface area contributed by atoms with Gasteiger partial charge in [-0.25, -0.2) is 4.98 Å². The first kappa shape index (κ1) is 15.9. The maximum Gasteiger partial charge on any atom is 0.129 e. The van der Waals surface area contributed by atoms with E-state index in [4.69, 9.17) is 16.6 Å². The molecule has 1 aromatic rings. The van der Waals surface area contributed by atoms with Gasteiger partial charge in [0.25, 0.3) is 0 Å². The minimum atomic E-state index is 0.288. The highest BCUT2D eigenvalue weighted by Gasteiger charge is 2.27. The van der Waals surface area contributed by atoms with Crippen LogP contribution in [0.3, 0.4) is 0 Å². The summed E-state index contributed by atoms with van der Waals surface area (Å²) < 4.78 is 0.288. The zero-order valence-electron chi connectivity index (χ0n) is 12.7. The van der Waals surface area contributed by atoms with E-state index in [1.165, 1.54) is 0 Å². The Morgan fingerprint density at radius 3 is 2.85 bits per heavy atom. The molecule has 2 heterocycles. The number of halogens is 1. The Bertz CT molecular complexity index is 462. The molecule has 5 heteroatoms. The molecule has 1 aromatic heterocycles. The molecule has 20 heavy (non-hydrogen) atoms. The van der Waals surface area contributed by atoms with Gasteiger partial charge in [-0.15, -0.1) is 0 Å². The van der Waals surface area contributed by atoms with E-state index < -0.39 is 0 Å². The third kappa shape index (κ3) is 4.27. The first-order chi connectivity index (χ1) is 9.37. The van der Waals surface area contributed by atoms with Gasteiger partial charge >= 0.3 is 0 Å². The molecule has 3 nitrogen and oxygen atoms in total. The molecule has 0 bridgehead atoms. The van der Waals surface area contributed by atoms with Crippen LogP contribution >= 0.6 is 23.4 Å². The Labute approximate surface area is 131 Å². The lowest BCUT2D eigenvalue weighted by Gasteiger charge is -2.38. The maximum atomic E-state index is 6.25. The lowest BCUT2D eigenvalue weighted by atomic mass is 10.2. The van der Waals surface area contributed by atoms with E-state index in [0.717, 1.165) is 41.9 Å². The molecule has 0 saturated carbocycles. The molecule has 0 spiro atoms. The van der Waals surface area contributed by atoms with Crippen molar-refractivity contribution in [3.8, 4) is 0 Å². The largest absolute Gasteiger partial charge is 0.354 e. The standard InChI is InChI=1S/C15H24ClN3S/c1-11(2)17-9-13-12(16)5-6-14(18-13)19-7-8-20-15(3,4)10-19/h5-6,11,17H,7-10H2,1-4H3. The fourth-order valence-corrected chi connectivity index (χ4v) is 3.57. The summed E-state index contributed by atoms with van der Waals surface area (Å²) in [5, 5.41) is 4.12. The van der Waals surface area contributed by atoms with E-state index in [9.17, 15) is 0 Å². The number of nitrogens with zero attached hydrogens (tertiary/aromatic N) is 2. The van der Waals surface area contributed by atoms with Crippen molar-refractivity contribution in [1.29, 1.82) is 0 Å². The maximum absolute atomic E-state index is 6.25. The quantitative estimate of drug-likeness (QED) is 0.920. The summed E-state index contributed by atoms with van der Waals surface area (Å²) in [6.07, 6.45) is 0. The number of aromatic nitrogens is 1. The van der Waals surface area contributed by atoms with Crippen LogP contribution < -0.4 is 10.2 Å². The van der Waals surface area contributed by atoms with Gasteiger partial charge < -0.3 is 10.2 Å².